The lowest BCUT2D eigenvalue weighted by Gasteiger charge is -2.16. The van der Waals surface area contributed by atoms with E-state index in [1.165, 1.54) is 6.07 Å². The predicted octanol–water partition coefficient (Wildman–Crippen LogP) is 4.02. The summed E-state index contributed by atoms with van der Waals surface area (Å²) in [4.78, 5) is 0. The molecule has 2 nitrogen and oxygen atoms in total. The number of hydrogen-bond acceptors (Lipinski definition) is 2. The second-order valence-corrected chi connectivity index (χ2v) is 4.98. The van der Waals surface area contributed by atoms with Crippen molar-refractivity contribution in [3.8, 4) is 0 Å². The summed E-state index contributed by atoms with van der Waals surface area (Å²) in [7, 11) is 0. The molecule has 1 rings (SSSR count). The van der Waals surface area contributed by atoms with Crippen LogP contribution < -0.4 is 11.5 Å². The van der Waals surface area contributed by atoms with E-state index in [0.29, 0.717) is 23.0 Å². The van der Waals surface area contributed by atoms with Crippen LogP contribution in [0.4, 0.5) is 13.2 Å². The fourth-order valence-electron chi connectivity index (χ4n) is 1.67. The maximum atomic E-state index is 12.6. The zero-order chi connectivity index (χ0) is 13.8. The van der Waals surface area contributed by atoms with Gasteiger partial charge in [-0.25, -0.2) is 0 Å². The minimum Gasteiger partial charge on any atom is -0.330 e. The standard InChI is InChI=1S/C12H16BrF3N2.ClH/c13-10-5-4-8(12(14,15)16)7-9(10)11(18)3-1-2-6-17;/h4-5,7,11H,1-3,6,17-18H2;1H/t11-;/m1./s1. The highest BCUT2D eigenvalue weighted by Gasteiger charge is 2.31. The lowest BCUT2D eigenvalue weighted by molar-refractivity contribution is -0.137. The highest BCUT2D eigenvalue weighted by Crippen LogP contribution is 2.34. The molecule has 0 amide bonds. The first kappa shape index (κ1) is 18.7. The van der Waals surface area contributed by atoms with Crippen LogP contribution in [0.2, 0.25) is 0 Å². The second kappa shape index (κ2) is 8.09. The van der Waals surface area contributed by atoms with Crippen molar-refractivity contribution < 1.29 is 13.2 Å². The summed E-state index contributed by atoms with van der Waals surface area (Å²) in [5.41, 5.74) is 11.1. The van der Waals surface area contributed by atoms with Gasteiger partial charge in [-0.3, -0.25) is 0 Å². The minimum absolute atomic E-state index is 0. The maximum Gasteiger partial charge on any atom is 0.416 e. The van der Waals surface area contributed by atoms with Crippen LogP contribution in [-0.2, 0) is 6.18 Å². The van der Waals surface area contributed by atoms with Crippen LogP contribution >= 0.6 is 28.3 Å². The van der Waals surface area contributed by atoms with Crippen LogP contribution in [0.1, 0.15) is 36.4 Å². The van der Waals surface area contributed by atoms with Gasteiger partial charge in [0, 0.05) is 10.5 Å². The van der Waals surface area contributed by atoms with E-state index in [1.807, 2.05) is 0 Å². The average Bonchev–Trinajstić information content (AvgIpc) is 2.28. The molecule has 4 N–H and O–H groups in total. The monoisotopic (exact) mass is 360 g/mol. The molecule has 0 aromatic heterocycles. The first-order valence-electron chi connectivity index (χ1n) is 5.68. The summed E-state index contributed by atoms with van der Waals surface area (Å²) in [6, 6.07) is 3.13. The van der Waals surface area contributed by atoms with Crippen molar-refractivity contribution in [2.24, 2.45) is 11.5 Å². The quantitative estimate of drug-likeness (QED) is 0.778. The van der Waals surface area contributed by atoms with E-state index in [-0.39, 0.29) is 12.4 Å². The minimum atomic E-state index is -4.34. The fourth-order valence-corrected chi connectivity index (χ4v) is 2.21. The zero-order valence-corrected chi connectivity index (χ0v) is 12.6. The molecule has 7 heteroatoms. The highest BCUT2D eigenvalue weighted by atomic mass is 79.9. The third kappa shape index (κ3) is 5.69. The van der Waals surface area contributed by atoms with Crippen LogP contribution in [0.15, 0.2) is 22.7 Å². The Hall–Kier alpha value is -0.300. The largest absolute Gasteiger partial charge is 0.416 e. The van der Waals surface area contributed by atoms with Crippen LogP contribution in [0, 0.1) is 0 Å². The summed E-state index contributed by atoms with van der Waals surface area (Å²) in [5, 5.41) is 0. The molecule has 0 spiro atoms. The van der Waals surface area contributed by atoms with Gasteiger partial charge in [0.25, 0.3) is 0 Å². The SMILES string of the molecule is Cl.NCCCC[C@@H](N)c1cc(C(F)(F)F)ccc1Br. The molecule has 1 aromatic carbocycles. The molecule has 19 heavy (non-hydrogen) atoms. The molecule has 0 unspecified atom stereocenters. The third-order valence-electron chi connectivity index (χ3n) is 2.69. The first-order valence-corrected chi connectivity index (χ1v) is 6.48. The lowest BCUT2D eigenvalue weighted by atomic mass is 10.00. The Morgan fingerprint density at radius 1 is 1.21 bits per heavy atom. The van der Waals surface area contributed by atoms with E-state index in [0.717, 1.165) is 25.0 Å². The summed E-state index contributed by atoms with van der Waals surface area (Å²) < 4.78 is 38.4. The van der Waals surface area contributed by atoms with E-state index < -0.39 is 17.8 Å². The normalized spacial score (nSPS) is 12.9. The number of nitrogens with two attached hydrogens (primary N) is 2. The van der Waals surface area contributed by atoms with E-state index in [2.05, 4.69) is 15.9 Å². The lowest BCUT2D eigenvalue weighted by Crippen LogP contribution is -2.14. The Kier molecular flexibility index (Phi) is 7.96. The molecule has 0 bridgehead atoms. The number of unbranched alkanes of at least 4 members (excludes halogenated alkanes) is 1. The molecule has 0 saturated carbocycles. The molecule has 0 aliphatic rings. The maximum absolute atomic E-state index is 12.6. The van der Waals surface area contributed by atoms with E-state index in [4.69, 9.17) is 11.5 Å². The molecule has 0 heterocycles. The van der Waals surface area contributed by atoms with Gasteiger partial charge in [0.2, 0.25) is 0 Å². The molecule has 0 saturated heterocycles. The summed E-state index contributed by atoms with van der Waals surface area (Å²) >= 11 is 3.23. The van der Waals surface area contributed by atoms with Gasteiger partial charge in [0.05, 0.1) is 5.56 Å². The van der Waals surface area contributed by atoms with Crippen LogP contribution in [0.5, 0.6) is 0 Å². The van der Waals surface area contributed by atoms with Crippen molar-refractivity contribution in [2.75, 3.05) is 6.54 Å². The van der Waals surface area contributed by atoms with Crippen molar-refractivity contribution in [3.05, 3.63) is 33.8 Å². The second-order valence-electron chi connectivity index (χ2n) is 4.13. The van der Waals surface area contributed by atoms with E-state index in [1.54, 1.807) is 0 Å². The molecule has 110 valence electrons. The molecular weight excluding hydrogens is 344 g/mol. The van der Waals surface area contributed by atoms with Crippen molar-refractivity contribution in [1.82, 2.24) is 0 Å². The number of hydrogen-bond donors (Lipinski definition) is 2. The number of halogens is 5. The van der Waals surface area contributed by atoms with E-state index in [9.17, 15) is 13.2 Å². The molecule has 0 fully saturated rings. The predicted molar refractivity (Wildman–Crippen MR) is 76.2 cm³/mol. The van der Waals surface area contributed by atoms with Crippen LogP contribution in [0.25, 0.3) is 0 Å². The number of alkyl halides is 3. The molecule has 1 atom stereocenters. The Morgan fingerprint density at radius 2 is 1.84 bits per heavy atom. The van der Waals surface area contributed by atoms with Gasteiger partial charge in [-0.1, -0.05) is 22.4 Å². The van der Waals surface area contributed by atoms with Crippen molar-refractivity contribution in [3.63, 3.8) is 0 Å². The average molecular weight is 362 g/mol. The Labute approximate surface area is 125 Å². The number of rotatable bonds is 5. The Morgan fingerprint density at radius 3 is 2.37 bits per heavy atom. The summed E-state index contributed by atoms with van der Waals surface area (Å²) in [6.07, 6.45) is -2.09. The smallest absolute Gasteiger partial charge is 0.330 e. The molecule has 0 radical (unpaired) electrons. The fraction of sp³-hybridized carbons (Fsp3) is 0.500. The Bertz CT molecular complexity index is 399. The molecular formula is C12H17BrClF3N2. The first-order chi connectivity index (χ1) is 8.36. The van der Waals surface area contributed by atoms with Crippen molar-refractivity contribution in [2.45, 2.75) is 31.5 Å². The van der Waals surface area contributed by atoms with Crippen molar-refractivity contribution in [1.29, 1.82) is 0 Å². The van der Waals surface area contributed by atoms with Gasteiger partial charge in [-0.15, -0.1) is 12.4 Å². The summed E-state index contributed by atoms with van der Waals surface area (Å²) in [6.45, 7) is 0.566. The van der Waals surface area contributed by atoms with Crippen LogP contribution in [-0.4, -0.2) is 6.54 Å². The zero-order valence-electron chi connectivity index (χ0n) is 10.2. The topological polar surface area (TPSA) is 52.0 Å². The van der Waals surface area contributed by atoms with Gasteiger partial charge >= 0.3 is 6.18 Å². The van der Waals surface area contributed by atoms with Gasteiger partial charge < -0.3 is 11.5 Å². The van der Waals surface area contributed by atoms with Gasteiger partial charge in [-0.2, -0.15) is 13.2 Å². The van der Waals surface area contributed by atoms with E-state index >= 15 is 0 Å². The summed E-state index contributed by atoms with van der Waals surface area (Å²) in [5.74, 6) is 0. The molecule has 0 aliphatic carbocycles. The third-order valence-corrected chi connectivity index (χ3v) is 3.41. The van der Waals surface area contributed by atoms with Gasteiger partial charge in [0.1, 0.15) is 0 Å². The number of benzene rings is 1. The van der Waals surface area contributed by atoms with Crippen molar-refractivity contribution >= 4 is 28.3 Å². The molecule has 0 aliphatic heterocycles. The molecule has 1 aromatic rings. The highest BCUT2D eigenvalue weighted by molar-refractivity contribution is 9.10. The Balaban J connectivity index is 0.00000324. The van der Waals surface area contributed by atoms with Crippen LogP contribution in [0.3, 0.4) is 0 Å². The van der Waals surface area contributed by atoms with Gasteiger partial charge in [-0.05, 0) is 43.1 Å². The van der Waals surface area contributed by atoms with Gasteiger partial charge in [0.15, 0.2) is 0 Å².